The van der Waals surface area contributed by atoms with E-state index in [4.69, 9.17) is 0 Å². The Kier molecular flexibility index (Phi) is 1.82. The Morgan fingerprint density at radius 3 is 2.53 bits per heavy atom. The maximum absolute atomic E-state index is 3.41. The van der Waals surface area contributed by atoms with E-state index in [0.29, 0.717) is 0 Å². The van der Waals surface area contributed by atoms with Gasteiger partial charge >= 0.3 is 0 Å². The second-order valence-corrected chi connectivity index (χ2v) is 3.60. The van der Waals surface area contributed by atoms with Crippen LogP contribution in [-0.4, -0.2) is 4.98 Å². The Hall–Kier alpha value is -2.02. The highest BCUT2D eigenvalue weighted by Crippen LogP contribution is 2.03. The normalized spacial score (nSPS) is 18.4. The Morgan fingerprint density at radius 2 is 1.60 bits per heavy atom. The first kappa shape index (κ1) is 8.30. The molecule has 72 valence electrons. The van der Waals surface area contributed by atoms with Crippen LogP contribution in [0.1, 0.15) is 0 Å². The molecule has 1 nitrogen and oxygen atoms in total. The Morgan fingerprint density at radius 1 is 0.800 bits per heavy atom. The van der Waals surface area contributed by atoms with Gasteiger partial charge in [0.15, 0.2) is 0 Å². The van der Waals surface area contributed by atoms with Gasteiger partial charge in [-0.2, -0.15) is 0 Å². The summed E-state index contributed by atoms with van der Waals surface area (Å²) >= 11 is 0. The number of aromatic nitrogens is 1. The molecule has 1 aliphatic rings. The van der Waals surface area contributed by atoms with Crippen LogP contribution >= 0.6 is 0 Å². The highest BCUT2D eigenvalue weighted by Gasteiger charge is 1.97. The molecule has 0 aliphatic heterocycles. The summed E-state index contributed by atoms with van der Waals surface area (Å²) in [6.45, 7) is 0. The first-order chi connectivity index (χ1) is 7.45. The number of aromatic amines is 1. The maximum atomic E-state index is 3.41. The van der Waals surface area contributed by atoms with Crippen molar-refractivity contribution in [1.82, 2.24) is 4.98 Å². The third kappa shape index (κ3) is 1.33. The highest BCUT2D eigenvalue weighted by atomic mass is 14.7. The Balaban J connectivity index is 2.56. The van der Waals surface area contributed by atoms with Crippen LogP contribution in [0, 0.1) is 0 Å². The van der Waals surface area contributed by atoms with Gasteiger partial charge in [0, 0.05) is 21.5 Å². The third-order valence-corrected chi connectivity index (χ3v) is 2.64. The van der Waals surface area contributed by atoms with E-state index in [2.05, 4.69) is 53.6 Å². The molecule has 15 heavy (non-hydrogen) atoms. The van der Waals surface area contributed by atoms with Gasteiger partial charge in [-0.05, 0) is 12.1 Å². The lowest BCUT2D eigenvalue weighted by Crippen LogP contribution is -2.22. The summed E-state index contributed by atoms with van der Waals surface area (Å²) in [5, 5.41) is 3.73. The molecule has 0 saturated carbocycles. The lowest BCUT2D eigenvalue weighted by molar-refractivity contribution is 1.36. The predicted octanol–water partition coefficient (Wildman–Crippen LogP) is 1.85. The van der Waals surface area contributed by atoms with Gasteiger partial charge in [0.1, 0.15) is 0 Å². The number of H-pyrrole nitrogens is 1. The molecule has 3 rings (SSSR count). The summed E-state index contributed by atoms with van der Waals surface area (Å²) in [6.07, 6.45) is 12.5. The number of hydrogen-bond donors (Lipinski definition) is 1. The maximum Gasteiger partial charge on any atom is 0.0464 e. The van der Waals surface area contributed by atoms with Gasteiger partial charge in [-0.25, -0.2) is 0 Å². The van der Waals surface area contributed by atoms with Crippen LogP contribution in [0.4, 0.5) is 0 Å². The quantitative estimate of drug-likeness (QED) is 0.657. The largest absolute Gasteiger partial charge is 0.355 e. The van der Waals surface area contributed by atoms with Crippen LogP contribution in [0.5, 0.6) is 0 Å². The lowest BCUT2D eigenvalue weighted by atomic mass is 10.2. The fraction of sp³-hybridized carbons (Fsp3) is 0. The summed E-state index contributed by atoms with van der Waals surface area (Å²) in [6, 6.07) is 8.38. The molecule has 1 heteroatoms. The van der Waals surface area contributed by atoms with E-state index in [9.17, 15) is 0 Å². The van der Waals surface area contributed by atoms with Crippen LogP contribution in [0.3, 0.4) is 0 Å². The van der Waals surface area contributed by atoms with Gasteiger partial charge in [0.2, 0.25) is 0 Å². The second kappa shape index (κ2) is 3.28. The van der Waals surface area contributed by atoms with E-state index < -0.39 is 0 Å². The molecule has 1 heterocycles. The van der Waals surface area contributed by atoms with Crippen LogP contribution in [0.25, 0.3) is 23.1 Å². The molecule has 1 N–H and O–H groups in total. The van der Waals surface area contributed by atoms with E-state index in [1.807, 2.05) is 12.2 Å². The third-order valence-electron chi connectivity index (χ3n) is 2.64. The molecule has 0 bridgehead atoms. The van der Waals surface area contributed by atoms with E-state index in [0.717, 1.165) is 0 Å². The molecule has 0 saturated heterocycles. The minimum atomic E-state index is 1.18. The summed E-state index contributed by atoms with van der Waals surface area (Å²) in [5.74, 6) is 0. The molecule has 0 unspecified atom stereocenters. The molecular weight excluding hydrogens is 182 g/mol. The number of fused-ring (bicyclic) bond motifs is 3. The van der Waals surface area contributed by atoms with Gasteiger partial charge in [-0.15, -0.1) is 0 Å². The molecule has 2 aromatic rings. The molecular formula is C14H11N. The zero-order chi connectivity index (χ0) is 10.1. The molecule has 0 spiro atoms. The highest BCUT2D eigenvalue weighted by molar-refractivity contribution is 5.82. The van der Waals surface area contributed by atoms with Crippen LogP contribution in [0.2, 0.25) is 0 Å². The van der Waals surface area contributed by atoms with Crippen molar-refractivity contribution in [3.63, 3.8) is 0 Å². The zero-order valence-corrected chi connectivity index (χ0v) is 8.27. The molecule has 1 aromatic heterocycles. The molecule has 0 amide bonds. The zero-order valence-electron chi connectivity index (χ0n) is 8.27. The van der Waals surface area contributed by atoms with E-state index in [1.54, 1.807) is 0 Å². The number of para-hydroxylation sites is 1. The van der Waals surface area contributed by atoms with Crippen molar-refractivity contribution in [1.29, 1.82) is 0 Å². The van der Waals surface area contributed by atoms with Crippen molar-refractivity contribution in [2.24, 2.45) is 0 Å². The topological polar surface area (TPSA) is 15.8 Å². The van der Waals surface area contributed by atoms with E-state index in [-0.39, 0.29) is 0 Å². The minimum Gasteiger partial charge on any atom is -0.355 e. The summed E-state index contributed by atoms with van der Waals surface area (Å²) in [5.41, 5.74) is 1.19. The minimum absolute atomic E-state index is 1.18. The van der Waals surface area contributed by atoms with Crippen molar-refractivity contribution >= 4 is 23.1 Å². The van der Waals surface area contributed by atoms with Crippen LogP contribution in [-0.2, 0) is 0 Å². The fourth-order valence-electron chi connectivity index (χ4n) is 1.93. The first-order valence-corrected chi connectivity index (χ1v) is 5.07. The van der Waals surface area contributed by atoms with Gasteiger partial charge in [0.25, 0.3) is 0 Å². The summed E-state index contributed by atoms with van der Waals surface area (Å²) < 4.78 is 0. The van der Waals surface area contributed by atoms with Crippen molar-refractivity contribution in [3.8, 4) is 0 Å². The number of nitrogens with one attached hydrogen (secondary N) is 1. The predicted molar refractivity (Wildman–Crippen MR) is 64.8 cm³/mol. The average Bonchev–Trinajstić information content (AvgIpc) is 2.55. The SMILES string of the molecule is C1=C/C=c2\c([nH]c3ccccc23)=C/C=C1. The lowest BCUT2D eigenvalue weighted by Gasteiger charge is -1.86. The molecule has 0 radical (unpaired) electrons. The number of hydrogen-bond acceptors (Lipinski definition) is 0. The van der Waals surface area contributed by atoms with Gasteiger partial charge in [0.05, 0.1) is 0 Å². The van der Waals surface area contributed by atoms with Crippen LogP contribution < -0.4 is 10.6 Å². The van der Waals surface area contributed by atoms with Crippen molar-refractivity contribution < 1.29 is 0 Å². The van der Waals surface area contributed by atoms with Gasteiger partial charge < -0.3 is 4.98 Å². The monoisotopic (exact) mass is 193 g/mol. The summed E-state index contributed by atoms with van der Waals surface area (Å²) in [4.78, 5) is 3.41. The first-order valence-electron chi connectivity index (χ1n) is 5.07. The number of rotatable bonds is 0. The van der Waals surface area contributed by atoms with Crippen molar-refractivity contribution in [3.05, 3.63) is 59.1 Å². The molecule has 1 aromatic carbocycles. The smallest absolute Gasteiger partial charge is 0.0464 e. The summed E-state index contributed by atoms with van der Waals surface area (Å²) in [7, 11) is 0. The fourth-order valence-corrected chi connectivity index (χ4v) is 1.93. The standard InChI is InChI=1S/C14H11N/c1-2-4-9-13-11(7-3-1)12-8-5-6-10-14(12)15-13/h1-10,15H/b2-1?,3-1?,4-2?,7-3?,9-4?,11-7-,13-9+. The van der Waals surface area contributed by atoms with E-state index in [1.165, 1.54) is 21.5 Å². The molecule has 0 fully saturated rings. The Bertz CT molecular complexity index is 669. The van der Waals surface area contributed by atoms with Crippen LogP contribution in [0.15, 0.2) is 48.6 Å². The van der Waals surface area contributed by atoms with Gasteiger partial charge in [-0.3, -0.25) is 0 Å². The van der Waals surface area contributed by atoms with E-state index >= 15 is 0 Å². The molecule has 0 atom stereocenters. The Labute approximate surface area is 87.7 Å². The van der Waals surface area contributed by atoms with Crippen molar-refractivity contribution in [2.45, 2.75) is 0 Å². The second-order valence-electron chi connectivity index (χ2n) is 3.60. The average molecular weight is 193 g/mol. The molecule has 1 aliphatic carbocycles. The van der Waals surface area contributed by atoms with Crippen molar-refractivity contribution in [2.75, 3.05) is 0 Å². The number of allylic oxidation sites excluding steroid dienone is 4. The van der Waals surface area contributed by atoms with Gasteiger partial charge in [-0.1, -0.05) is 48.6 Å². The number of benzene rings is 1.